The Morgan fingerprint density at radius 1 is 1.06 bits per heavy atom. The molecule has 1 heterocycles. The van der Waals surface area contributed by atoms with Crippen LogP contribution in [-0.2, 0) is 6.42 Å². The largest absolute Gasteiger partial charge is 0.149 e. The minimum Gasteiger partial charge on any atom is -0.149 e. The van der Waals surface area contributed by atoms with Crippen LogP contribution in [0.5, 0.6) is 0 Å². The average Bonchev–Trinajstić information content (AvgIpc) is 2.81. The fourth-order valence-corrected chi connectivity index (χ4v) is 3.38. The molecule has 18 heavy (non-hydrogen) atoms. The standard InChI is InChI=1S/C17H30S/c1-4-5-6-10-16(11-7-9-15(2)3)14-17-12-8-13-18-17/h8,12-13,15-16H,4-7,9-11,14H2,1-3H3. The van der Waals surface area contributed by atoms with Crippen molar-refractivity contribution < 1.29 is 0 Å². The van der Waals surface area contributed by atoms with Gasteiger partial charge in [0.2, 0.25) is 0 Å². The SMILES string of the molecule is CCCCCC(CCCC(C)C)Cc1cccs1. The Kier molecular flexibility index (Phi) is 8.41. The van der Waals surface area contributed by atoms with Crippen molar-refractivity contribution in [1.29, 1.82) is 0 Å². The van der Waals surface area contributed by atoms with Crippen LogP contribution in [0.1, 0.15) is 70.6 Å². The number of thiophene rings is 1. The molecule has 1 unspecified atom stereocenters. The second-order valence-electron chi connectivity index (χ2n) is 5.97. The minimum atomic E-state index is 0.864. The van der Waals surface area contributed by atoms with E-state index in [0.717, 1.165) is 11.8 Å². The number of rotatable bonds is 10. The fourth-order valence-electron chi connectivity index (χ4n) is 2.56. The van der Waals surface area contributed by atoms with Crippen LogP contribution in [-0.4, -0.2) is 0 Å². The molecule has 1 aromatic rings. The van der Waals surface area contributed by atoms with E-state index in [9.17, 15) is 0 Å². The first-order valence-electron chi connectivity index (χ1n) is 7.74. The molecule has 0 bridgehead atoms. The topological polar surface area (TPSA) is 0 Å². The average molecular weight is 266 g/mol. The smallest absolute Gasteiger partial charge is 0.00479 e. The van der Waals surface area contributed by atoms with Crippen LogP contribution in [0.15, 0.2) is 17.5 Å². The van der Waals surface area contributed by atoms with E-state index >= 15 is 0 Å². The Labute approximate surface area is 118 Å². The molecule has 1 aromatic heterocycles. The highest BCUT2D eigenvalue weighted by Crippen LogP contribution is 2.24. The molecule has 0 N–H and O–H groups in total. The summed E-state index contributed by atoms with van der Waals surface area (Å²) in [6.07, 6.45) is 11.2. The lowest BCUT2D eigenvalue weighted by Gasteiger charge is -2.16. The second-order valence-corrected chi connectivity index (χ2v) is 7.00. The maximum atomic E-state index is 2.34. The quantitative estimate of drug-likeness (QED) is 0.435. The summed E-state index contributed by atoms with van der Waals surface area (Å²) < 4.78 is 0. The summed E-state index contributed by atoms with van der Waals surface area (Å²) in [5.74, 6) is 1.79. The van der Waals surface area contributed by atoms with Gasteiger partial charge in [-0.1, -0.05) is 71.8 Å². The molecule has 0 spiro atoms. The molecule has 0 radical (unpaired) electrons. The van der Waals surface area contributed by atoms with Crippen LogP contribution in [0.2, 0.25) is 0 Å². The van der Waals surface area contributed by atoms with E-state index in [-0.39, 0.29) is 0 Å². The lowest BCUT2D eigenvalue weighted by atomic mass is 9.90. The summed E-state index contributed by atoms with van der Waals surface area (Å²) >= 11 is 1.93. The van der Waals surface area contributed by atoms with Crippen LogP contribution in [0.3, 0.4) is 0 Å². The molecule has 0 aliphatic heterocycles. The summed E-state index contributed by atoms with van der Waals surface area (Å²) in [6.45, 7) is 6.98. The first-order chi connectivity index (χ1) is 8.72. The Morgan fingerprint density at radius 3 is 2.44 bits per heavy atom. The summed E-state index contributed by atoms with van der Waals surface area (Å²) in [7, 11) is 0. The van der Waals surface area contributed by atoms with E-state index in [4.69, 9.17) is 0 Å². The van der Waals surface area contributed by atoms with Gasteiger partial charge in [0.15, 0.2) is 0 Å². The van der Waals surface area contributed by atoms with E-state index in [2.05, 4.69) is 38.3 Å². The van der Waals surface area contributed by atoms with Crippen molar-refractivity contribution in [3.05, 3.63) is 22.4 Å². The van der Waals surface area contributed by atoms with Crippen molar-refractivity contribution in [3.8, 4) is 0 Å². The summed E-state index contributed by atoms with van der Waals surface area (Å²) in [5, 5.41) is 2.21. The van der Waals surface area contributed by atoms with Crippen LogP contribution in [0.4, 0.5) is 0 Å². The van der Waals surface area contributed by atoms with E-state index in [0.29, 0.717) is 0 Å². The van der Waals surface area contributed by atoms with E-state index in [1.165, 1.54) is 51.4 Å². The molecule has 0 aliphatic rings. The zero-order valence-corrected chi connectivity index (χ0v) is 13.3. The van der Waals surface area contributed by atoms with E-state index < -0.39 is 0 Å². The molecule has 0 saturated heterocycles. The minimum absolute atomic E-state index is 0.864. The maximum Gasteiger partial charge on any atom is 0.00479 e. The van der Waals surface area contributed by atoms with Crippen LogP contribution in [0, 0.1) is 11.8 Å². The Hall–Kier alpha value is -0.300. The summed E-state index contributed by atoms with van der Waals surface area (Å²) in [4.78, 5) is 1.58. The third-order valence-corrected chi connectivity index (χ3v) is 4.58. The Balaban J connectivity index is 2.31. The molecule has 0 fully saturated rings. The third kappa shape index (κ3) is 7.20. The van der Waals surface area contributed by atoms with Gasteiger partial charge in [0.25, 0.3) is 0 Å². The number of unbranched alkanes of at least 4 members (excludes halogenated alkanes) is 2. The Bertz CT molecular complexity index is 274. The number of hydrogen-bond acceptors (Lipinski definition) is 1. The molecule has 104 valence electrons. The van der Waals surface area contributed by atoms with E-state index in [1.807, 2.05) is 11.3 Å². The van der Waals surface area contributed by atoms with Gasteiger partial charge in [0.05, 0.1) is 0 Å². The van der Waals surface area contributed by atoms with Crippen molar-refractivity contribution >= 4 is 11.3 Å². The summed E-state index contributed by atoms with van der Waals surface area (Å²) in [5.41, 5.74) is 0. The molecule has 1 atom stereocenters. The lowest BCUT2D eigenvalue weighted by molar-refractivity contribution is 0.395. The monoisotopic (exact) mass is 266 g/mol. The van der Waals surface area contributed by atoms with Crippen molar-refractivity contribution in [2.24, 2.45) is 11.8 Å². The highest BCUT2D eigenvalue weighted by Gasteiger charge is 2.10. The Morgan fingerprint density at radius 2 is 1.83 bits per heavy atom. The van der Waals surface area contributed by atoms with E-state index in [1.54, 1.807) is 4.88 Å². The molecule has 0 nitrogen and oxygen atoms in total. The van der Waals surface area contributed by atoms with Gasteiger partial charge in [-0.3, -0.25) is 0 Å². The van der Waals surface area contributed by atoms with Gasteiger partial charge in [-0.2, -0.15) is 0 Å². The maximum absolute atomic E-state index is 2.34. The van der Waals surface area contributed by atoms with Gasteiger partial charge in [-0.15, -0.1) is 11.3 Å². The molecule has 1 heteroatoms. The van der Waals surface area contributed by atoms with Gasteiger partial charge >= 0.3 is 0 Å². The molecule has 0 saturated carbocycles. The normalized spacial score (nSPS) is 13.1. The van der Waals surface area contributed by atoms with Crippen molar-refractivity contribution in [2.45, 2.75) is 72.1 Å². The van der Waals surface area contributed by atoms with Gasteiger partial charge in [-0.05, 0) is 29.7 Å². The van der Waals surface area contributed by atoms with Gasteiger partial charge < -0.3 is 0 Å². The second kappa shape index (κ2) is 9.61. The lowest BCUT2D eigenvalue weighted by Crippen LogP contribution is -2.05. The first-order valence-corrected chi connectivity index (χ1v) is 8.62. The zero-order chi connectivity index (χ0) is 13.2. The van der Waals surface area contributed by atoms with Crippen LogP contribution < -0.4 is 0 Å². The molecule has 0 aliphatic carbocycles. The predicted octanol–water partition coefficient (Wildman–Crippen LogP) is 6.31. The highest BCUT2D eigenvalue weighted by molar-refractivity contribution is 7.09. The predicted molar refractivity (Wildman–Crippen MR) is 84.3 cm³/mol. The molecule has 0 aromatic carbocycles. The van der Waals surface area contributed by atoms with Crippen LogP contribution >= 0.6 is 11.3 Å². The van der Waals surface area contributed by atoms with Gasteiger partial charge in [0, 0.05) is 4.88 Å². The molecule has 1 rings (SSSR count). The van der Waals surface area contributed by atoms with Crippen molar-refractivity contribution in [1.82, 2.24) is 0 Å². The fraction of sp³-hybridized carbons (Fsp3) is 0.765. The van der Waals surface area contributed by atoms with Crippen molar-refractivity contribution in [3.63, 3.8) is 0 Å². The molecular formula is C17H30S. The van der Waals surface area contributed by atoms with Gasteiger partial charge in [-0.25, -0.2) is 0 Å². The zero-order valence-electron chi connectivity index (χ0n) is 12.5. The van der Waals surface area contributed by atoms with Gasteiger partial charge in [0.1, 0.15) is 0 Å². The third-order valence-electron chi connectivity index (χ3n) is 3.68. The summed E-state index contributed by atoms with van der Waals surface area (Å²) in [6, 6.07) is 4.50. The first kappa shape index (κ1) is 15.8. The van der Waals surface area contributed by atoms with Crippen molar-refractivity contribution in [2.75, 3.05) is 0 Å². The number of hydrogen-bond donors (Lipinski definition) is 0. The molecule has 0 amide bonds. The van der Waals surface area contributed by atoms with Crippen LogP contribution in [0.25, 0.3) is 0 Å². The highest BCUT2D eigenvalue weighted by atomic mass is 32.1. The molecular weight excluding hydrogens is 236 g/mol.